The van der Waals surface area contributed by atoms with Crippen molar-refractivity contribution < 1.29 is 4.79 Å². The number of hydrogen-bond acceptors (Lipinski definition) is 3. The molecule has 0 aromatic carbocycles. The van der Waals surface area contributed by atoms with Gasteiger partial charge in [0.1, 0.15) is 6.54 Å². The van der Waals surface area contributed by atoms with Crippen LogP contribution in [0.3, 0.4) is 0 Å². The van der Waals surface area contributed by atoms with E-state index in [0.717, 1.165) is 0 Å². The van der Waals surface area contributed by atoms with Crippen molar-refractivity contribution in [2.75, 3.05) is 12.8 Å². The van der Waals surface area contributed by atoms with Crippen molar-refractivity contribution >= 4 is 11.6 Å². The van der Waals surface area contributed by atoms with Gasteiger partial charge in [-0.15, -0.1) is 0 Å². The standard InChI is InChI=1S/C13H19N3O2/c1-9(10-3-4-10)15(2)13(18)8-16-7-11(14)5-6-12(16)17/h5-7,9-10H,3-4,8,14H2,1-2H3. The third-order valence-corrected chi connectivity index (χ3v) is 3.62. The number of amides is 1. The number of hydrogen-bond donors (Lipinski definition) is 1. The summed E-state index contributed by atoms with van der Waals surface area (Å²) in [7, 11) is 1.79. The lowest BCUT2D eigenvalue weighted by atomic mass is 10.2. The number of nitrogen functional groups attached to an aromatic ring is 1. The molecular weight excluding hydrogens is 230 g/mol. The molecule has 5 nitrogen and oxygen atoms in total. The highest BCUT2D eigenvalue weighted by molar-refractivity contribution is 5.76. The number of pyridine rings is 1. The largest absolute Gasteiger partial charge is 0.398 e. The minimum Gasteiger partial charge on any atom is -0.398 e. The summed E-state index contributed by atoms with van der Waals surface area (Å²) < 4.78 is 1.35. The monoisotopic (exact) mass is 249 g/mol. The number of carbonyl (C=O) groups excluding carboxylic acids is 1. The van der Waals surface area contributed by atoms with Gasteiger partial charge in [0.25, 0.3) is 5.56 Å². The van der Waals surface area contributed by atoms with E-state index < -0.39 is 0 Å². The molecular formula is C13H19N3O2. The van der Waals surface area contributed by atoms with Crippen LogP contribution in [-0.2, 0) is 11.3 Å². The number of rotatable bonds is 4. The summed E-state index contributed by atoms with van der Waals surface area (Å²) in [5.74, 6) is 0.568. The van der Waals surface area contributed by atoms with Gasteiger partial charge in [-0.2, -0.15) is 0 Å². The Morgan fingerprint density at radius 3 is 2.83 bits per heavy atom. The summed E-state index contributed by atoms with van der Waals surface area (Å²) in [6, 6.07) is 3.17. The average molecular weight is 249 g/mol. The Kier molecular flexibility index (Phi) is 3.41. The molecule has 1 atom stereocenters. The minimum absolute atomic E-state index is 0.0530. The van der Waals surface area contributed by atoms with Crippen LogP contribution in [0, 0.1) is 5.92 Å². The van der Waals surface area contributed by atoms with E-state index in [-0.39, 0.29) is 24.1 Å². The second-order valence-corrected chi connectivity index (χ2v) is 5.01. The van der Waals surface area contributed by atoms with E-state index >= 15 is 0 Å². The third-order valence-electron chi connectivity index (χ3n) is 3.62. The van der Waals surface area contributed by atoms with E-state index in [4.69, 9.17) is 5.73 Å². The lowest BCUT2D eigenvalue weighted by Gasteiger charge is -2.25. The Labute approximate surface area is 106 Å². The van der Waals surface area contributed by atoms with Crippen molar-refractivity contribution in [2.24, 2.45) is 5.92 Å². The fourth-order valence-electron chi connectivity index (χ4n) is 2.05. The highest BCUT2D eigenvalue weighted by Crippen LogP contribution is 2.34. The smallest absolute Gasteiger partial charge is 0.251 e. The highest BCUT2D eigenvalue weighted by Gasteiger charge is 2.32. The van der Waals surface area contributed by atoms with Gasteiger partial charge >= 0.3 is 0 Å². The molecule has 2 N–H and O–H groups in total. The molecule has 0 saturated heterocycles. The zero-order chi connectivity index (χ0) is 13.3. The summed E-state index contributed by atoms with van der Waals surface area (Å²) in [4.78, 5) is 25.4. The van der Waals surface area contributed by atoms with Gasteiger partial charge in [0, 0.05) is 31.0 Å². The Morgan fingerprint density at radius 1 is 1.56 bits per heavy atom. The summed E-state index contributed by atoms with van der Waals surface area (Å²) in [6.07, 6.45) is 3.89. The van der Waals surface area contributed by atoms with Gasteiger partial charge in [0.2, 0.25) is 5.91 Å². The van der Waals surface area contributed by atoms with Gasteiger partial charge < -0.3 is 15.2 Å². The van der Waals surface area contributed by atoms with Crippen molar-refractivity contribution in [3.8, 4) is 0 Å². The van der Waals surface area contributed by atoms with Crippen LogP contribution in [0.1, 0.15) is 19.8 Å². The Balaban J connectivity index is 2.06. The zero-order valence-electron chi connectivity index (χ0n) is 10.8. The van der Waals surface area contributed by atoms with Crippen LogP contribution in [0.5, 0.6) is 0 Å². The average Bonchev–Trinajstić information content (AvgIpc) is 3.16. The predicted molar refractivity (Wildman–Crippen MR) is 70.1 cm³/mol. The maximum atomic E-state index is 12.1. The summed E-state index contributed by atoms with van der Waals surface area (Å²) in [5.41, 5.74) is 5.90. The molecule has 1 aromatic heterocycles. The first-order chi connectivity index (χ1) is 8.49. The number of carbonyl (C=O) groups is 1. The van der Waals surface area contributed by atoms with Gasteiger partial charge in [-0.25, -0.2) is 0 Å². The van der Waals surface area contributed by atoms with Crippen LogP contribution in [0.4, 0.5) is 5.69 Å². The first kappa shape index (κ1) is 12.7. The Hall–Kier alpha value is -1.78. The lowest BCUT2D eigenvalue weighted by Crippen LogP contribution is -2.40. The topological polar surface area (TPSA) is 68.3 Å². The molecule has 5 heteroatoms. The second kappa shape index (κ2) is 4.84. The van der Waals surface area contributed by atoms with E-state index in [2.05, 4.69) is 6.92 Å². The molecule has 1 aromatic rings. The Bertz CT molecular complexity index is 505. The lowest BCUT2D eigenvalue weighted by molar-refractivity contribution is -0.132. The molecule has 0 radical (unpaired) electrons. The van der Waals surface area contributed by atoms with E-state index in [9.17, 15) is 9.59 Å². The number of likely N-dealkylation sites (N-methyl/N-ethyl adjacent to an activating group) is 1. The number of anilines is 1. The van der Waals surface area contributed by atoms with Gasteiger partial charge in [-0.1, -0.05) is 0 Å². The van der Waals surface area contributed by atoms with Gasteiger partial charge in [0.15, 0.2) is 0 Å². The van der Waals surface area contributed by atoms with Gasteiger partial charge in [0.05, 0.1) is 0 Å². The maximum absolute atomic E-state index is 12.1. The molecule has 1 aliphatic carbocycles. The second-order valence-electron chi connectivity index (χ2n) is 5.01. The van der Waals surface area contributed by atoms with E-state index in [1.54, 1.807) is 18.0 Å². The number of nitrogens with two attached hydrogens (primary N) is 1. The molecule has 1 fully saturated rings. The van der Waals surface area contributed by atoms with Crippen molar-refractivity contribution in [3.05, 3.63) is 28.7 Å². The van der Waals surface area contributed by atoms with Crippen LogP contribution in [0.25, 0.3) is 0 Å². The van der Waals surface area contributed by atoms with Gasteiger partial charge in [-0.3, -0.25) is 9.59 Å². The SMILES string of the molecule is CC(C1CC1)N(C)C(=O)Cn1cc(N)ccc1=O. The molecule has 1 amide bonds. The number of nitrogens with zero attached hydrogens (tertiary/aromatic N) is 2. The molecule has 1 heterocycles. The third kappa shape index (κ3) is 2.72. The molecule has 1 unspecified atom stereocenters. The van der Waals surface area contributed by atoms with Crippen LogP contribution < -0.4 is 11.3 Å². The van der Waals surface area contributed by atoms with Crippen molar-refractivity contribution in [2.45, 2.75) is 32.4 Å². The summed E-state index contributed by atoms with van der Waals surface area (Å²) >= 11 is 0. The molecule has 1 aliphatic rings. The zero-order valence-corrected chi connectivity index (χ0v) is 10.8. The first-order valence-corrected chi connectivity index (χ1v) is 6.20. The van der Waals surface area contributed by atoms with Crippen LogP contribution >= 0.6 is 0 Å². The Morgan fingerprint density at radius 2 is 2.22 bits per heavy atom. The predicted octanol–water partition coefficient (Wildman–Crippen LogP) is 0.687. The minimum atomic E-state index is -0.204. The van der Waals surface area contributed by atoms with E-state index in [1.807, 2.05) is 0 Å². The number of aromatic nitrogens is 1. The quantitative estimate of drug-likeness (QED) is 0.853. The first-order valence-electron chi connectivity index (χ1n) is 6.20. The summed E-state index contributed by atoms with van der Waals surface area (Å²) in [6.45, 7) is 2.11. The van der Waals surface area contributed by atoms with Crippen LogP contribution in [0.15, 0.2) is 23.1 Å². The summed E-state index contributed by atoms with van der Waals surface area (Å²) in [5, 5.41) is 0. The molecule has 1 saturated carbocycles. The van der Waals surface area contributed by atoms with Crippen molar-refractivity contribution in [3.63, 3.8) is 0 Å². The molecule has 2 rings (SSSR count). The maximum Gasteiger partial charge on any atom is 0.251 e. The molecule has 0 bridgehead atoms. The van der Waals surface area contributed by atoms with Crippen LogP contribution in [0.2, 0.25) is 0 Å². The molecule has 98 valence electrons. The van der Waals surface area contributed by atoms with Crippen molar-refractivity contribution in [1.82, 2.24) is 9.47 Å². The normalized spacial score (nSPS) is 16.3. The molecule has 18 heavy (non-hydrogen) atoms. The molecule has 0 aliphatic heterocycles. The fraction of sp³-hybridized carbons (Fsp3) is 0.538. The fourth-order valence-corrected chi connectivity index (χ4v) is 2.05. The van der Waals surface area contributed by atoms with Crippen molar-refractivity contribution in [1.29, 1.82) is 0 Å². The van der Waals surface area contributed by atoms with E-state index in [0.29, 0.717) is 11.6 Å². The van der Waals surface area contributed by atoms with E-state index in [1.165, 1.54) is 29.7 Å². The highest BCUT2D eigenvalue weighted by atomic mass is 16.2. The molecule has 0 spiro atoms. The van der Waals surface area contributed by atoms with Gasteiger partial charge in [-0.05, 0) is 31.7 Å². The van der Waals surface area contributed by atoms with Crippen LogP contribution in [-0.4, -0.2) is 28.5 Å².